The van der Waals surface area contributed by atoms with Crippen molar-refractivity contribution >= 4 is 33.0 Å². The van der Waals surface area contributed by atoms with Crippen molar-refractivity contribution in [3.8, 4) is 5.75 Å². The van der Waals surface area contributed by atoms with Crippen LogP contribution in [0.25, 0.3) is 0 Å². The summed E-state index contributed by atoms with van der Waals surface area (Å²) in [7, 11) is -2.69. The molecule has 9 heteroatoms. The molecule has 0 saturated heterocycles. The normalized spacial score (nSPS) is 11.2. The summed E-state index contributed by atoms with van der Waals surface area (Å²) in [5.74, 6) is -1.92. The number of anilines is 1. The minimum absolute atomic E-state index is 0.0110. The van der Waals surface area contributed by atoms with Gasteiger partial charge < -0.3 is 9.84 Å². The number of aryl methyl sites for hydroxylation is 1. The number of ether oxygens (including phenoxy) is 1. The lowest BCUT2D eigenvalue weighted by molar-refractivity contribution is 0.0701. The molecule has 1 heterocycles. The summed E-state index contributed by atoms with van der Waals surface area (Å²) in [4.78, 5) is 10.9. The minimum atomic E-state index is -3.99. The van der Waals surface area contributed by atoms with Crippen LogP contribution in [0.2, 0.25) is 0 Å². The lowest BCUT2D eigenvalue weighted by atomic mass is 10.3. The summed E-state index contributed by atoms with van der Waals surface area (Å²) in [6, 6.07) is 4.87. The van der Waals surface area contributed by atoms with Gasteiger partial charge in [0.2, 0.25) is 0 Å². The third-order valence-corrected chi connectivity index (χ3v) is 5.84. The van der Waals surface area contributed by atoms with Crippen molar-refractivity contribution < 1.29 is 27.4 Å². The van der Waals surface area contributed by atoms with Gasteiger partial charge in [-0.15, -0.1) is 11.3 Å². The Bertz CT molecular complexity index is 829. The van der Waals surface area contributed by atoms with Crippen molar-refractivity contribution in [2.75, 3.05) is 11.8 Å². The van der Waals surface area contributed by atoms with Crippen LogP contribution in [0.5, 0.6) is 5.75 Å². The highest BCUT2D eigenvalue weighted by atomic mass is 32.2. The second-order valence-corrected chi connectivity index (χ2v) is 7.30. The van der Waals surface area contributed by atoms with Crippen LogP contribution >= 0.6 is 11.3 Å². The second-order valence-electron chi connectivity index (χ2n) is 4.34. The first-order valence-electron chi connectivity index (χ1n) is 5.94. The molecule has 0 fully saturated rings. The van der Waals surface area contributed by atoms with Crippen LogP contribution in [0.1, 0.15) is 15.2 Å². The summed E-state index contributed by atoms with van der Waals surface area (Å²) in [6.07, 6.45) is 0. The van der Waals surface area contributed by atoms with Gasteiger partial charge in [-0.1, -0.05) is 0 Å². The zero-order valence-corrected chi connectivity index (χ0v) is 13.2. The smallest absolute Gasteiger partial charge is 0.346 e. The van der Waals surface area contributed by atoms with Crippen LogP contribution in [0.3, 0.4) is 0 Å². The number of hydrogen-bond acceptors (Lipinski definition) is 5. The van der Waals surface area contributed by atoms with E-state index in [-0.39, 0.29) is 20.5 Å². The number of carboxylic acids is 1. The molecule has 2 N–H and O–H groups in total. The Morgan fingerprint density at radius 2 is 2.05 bits per heavy atom. The Hall–Kier alpha value is -2.13. The van der Waals surface area contributed by atoms with E-state index in [2.05, 4.69) is 4.72 Å². The van der Waals surface area contributed by atoms with Gasteiger partial charge in [-0.2, -0.15) is 0 Å². The zero-order chi connectivity index (χ0) is 16.5. The first-order valence-corrected chi connectivity index (χ1v) is 8.24. The maximum Gasteiger partial charge on any atom is 0.346 e. The fraction of sp³-hybridized carbons (Fsp3) is 0.154. The van der Waals surface area contributed by atoms with Crippen LogP contribution in [0.15, 0.2) is 28.5 Å². The number of hydrogen-bond donors (Lipinski definition) is 2. The van der Waals surface area contributed by atoms with Crippen molar-refractivity contribution in [1.82, 2.24) is 0 Å². The minimum Gasteiger partial charge on any atom is -0.494 e. The average molecular weight is 345 g/mol. The van der Waals surface area contributed by atoms with Gasteiger partial charge in [-0.3, -0.25) is 4.72 Å². The van der Waals surface area contributed by atoms with Crippen LogP contribution < -0.4 is 9.46 Å². The fourth-order valence-electron chi connectivity index (χ4n) is 1.73. The number of sulfonamides is 1. The van der Waals surface area contributed by atoms with Gasteiger partial charge in [-0.05, 0) is 30.7 Å². The largest absolute Gasteiger partial charge is 0.494 e. The molecule has 0 radical (unpaired) electrons. The standard InChI is InChI=1S/C13H12FNO5S2/c1-7-5-11(21-12(7)13(16)17)22(18,19)15-8-3-4-10(20-2)9(14)6-8/h3-6,15H,1-2H3,(H,16,17). The fourth-order valence-corrected chi connectivity index (χ4v) is 4.16. The number of rotatable bonds is 5. The molecule has 0 atom stereocenters. The molecule has 6 nitrogen and oxygen atoms in total. The predicted octanol–water partition coefficient (Wildman–Crippen LogP) is 2.70. The van der Waals surface area contributed by atoms with E-state index in [9.17, 15) is 17.6 Å². The summed E-state index contributed by atoms with van der Waals surface area (Å²) in [5, 5.41) is 8.96. The van der Waals surface area contributed by atoms with Crippen molar-refractivity contribution in [3.05, 3.63) is 40.5 Å². The summed E-state index contributed by atoms with van der Waals surface area (Å²) >= 11 is 0.637. The maximum atomic E-state index is 13.6. The Kier molecular flexibility index (Phi) is 4.38. The molecule has 1 aromatic heterocycles. The number of halogens is 1. The van der Waals surface area contributed by atoms with E-state index in [0.717, 1.165) is 6.07 Å². The Balaban J connectivity index is 2.33. The van der Waals surface area contributed by atoms with Crippen LogP contribution in [-0.2, 0) is 10.0 Å². The monoisotopic (exact) mass is 345 g/mol. The number of carboxylic acid groups (broad SMARTS) is 1. The van der Waals surface area contributed by atoms with E-state index in [1.165, 1.54) is 32.2 Å². The molecule has 1 aromatic carbocycles. The highest BCUT2D eigenvalue weighted by Crippen LogP contribution is 2.28. The number of thiophene rings is 1. The molecular weight excluding hydrogens is 333 g/mol. The highest BCUT2D eigenvalue weighted by molar-refractivity contribution is 7.94. The molecule has 0 bridgehead atoms. The molecule has 0 amide bonds. The molecular formula is C13H12FNO5S2. The maximum absolute atomic E-state index is 13.6. The third-order valence-electron chi connectivity index (χ3n) is 2.76. The van der Waals surface area contributed by atoms with Gasteiger partial charge in [-0.25, -0.2) is 17.6 Å². The van der Waals surface area contributed by atoms with Gasteiger partial charge in [0, 0.05) is 6.07 Å². The molecule has 0 aliphatic carbocycles. The molecule has 0 aliphatic rings. The first-order chi connectivity index (χ1) is 10.2. The van der Waals surface area contributed by atoms with E-state index >= 15 is 0 Å². The summed E-state index contributed by atoms with van der Waals surface area (Å²) in [6.45, 7) is 1.51. The van der Waals surface area contributed by atoms with Crippen molar-refractivity contribution in [1.29, 1.82) is 0 Å². The number of nitrogens with one attached hydrogen (secondary N) is 1. The van der Waals surface area contributed by atoms with Crippen molar-refractivity contribution in [3.63, 3.8) is 0 Å². The van der Waals surface area contributed by atoms with E-state index < -0.39 is 21.8 Å². The first kappa shape index (κ1) is 16.2. The summed E-state index contributed by atoms with van der Waals surface area (Å²) < 4.78 is 44.8. The Labute approximate surface area is 130 Å². The molecule has 118 valence electrons. The van der Waals surface area contributed by atoms with Crippen LogP contribution in [0, 0.1) is 12.7 Å². The quantitative estimate of drug-likeness (QED) is 0.869. The number of benzene rings is 1. The number of aromatic carboxylic acids is 1. The molecule has 0 saturated carbocycles. The summed E-state index contributed by atoms with van der Waals surface area (Å²) in [5.41, 5.74) is 0.361. The highest BCUT2D eigenvalue weighted by Gasteiger charge is 2.22. The van der Waals surface area contributed by atoms with Crippen LogP contribution in [-0.4, -0.2) is 26.6 Å². The molecule has 0 aliphatic heterocycles. The van der Waals surface area contributed by atoms with E-state index in [4.69, 9.17) is 9.84 Å². The van der Waals surface area contributed by atoms with E-state index in [1.807, 2.05) is 0 Å². The van der Waals surface area contributed by atoms with Gasteiger partial charge in [0.1, 0.15) is 9.09 Å². The Morgan fingerprint density at radius 3 is 2.55 bits per heavy atom. The third kappa shape index (κ3) is 3.20. The molecule has 0 unspecified atom stereocenters. The zero-order valence-electron chi connectivity index (χ0n) is 11.6. The average Bonchev–Trinajstić information content (AvgIpc) is 2.81. The second kappa shape index (κ2) is 5.93. The lowest BCUT2D eigenvalue weighted by Gasteiger charge is -2.08. The van der Waals surface area contributed by atoms with Gasteiger partial charge in [0.15, 0.2) is 11.6 Å². The molecule has 2 aromatic rings. The van der Waals surface area contributed by atoms with E-state index in [1.54, 1.807) is 0 Å². The molecule has 0 spiro atoms. The van der Waals surface area contributed by atoms with Gasteiger partial charge >= 0.3 is 5.97 Å². The van der Waals surface area contributed by atoms with Crippen molar-refractivity contribution in [2.24, 2.45) is 0 Å². The van der Waals surface area contributed by atoms with Gasteiger partial charge in [0.05, 0.1) is 12.8 Å². The SMILES string of the molecule is COc1ccc(NS(=O)(=O)c2cc(C)c(C(=O)O)s2)cc1F. The number of carbonyl (C=O) groups is 1. The van der Waals surface area contributed by atoms with Gasteiger partial charge in [0.25, 0.3) is 10.0 Å². The van der Waals surface area contributed by atoms with Crippen LogP contribution in [0.4, 0.5) is 10.1 Å². The molecule has 2 rings (SSSR count). The van der Waals surface area contributed by atoms with Crippen molar-refractivity contribution in [2.45, 2.75) is 11.1 Å². The number of methoxy groups -OCH3 is 1. The topological polar surface area (TPSA) is 92.7 Å². The molecule has 22 heavy (non-hydrogen) atoms. The van der Waals surface area contributed by atoms with E-state index in [0.29, 0.717) is 16.9 Å². The lowest BCUT2D eigenvalue weighted by Crippen LogP contribution is -2.11. The Morgan fingerprint density at radius 1 is 1.36 bits per heavy atom. The predicted molar refractivity (Wildman–Crippen MR) is 79.8 cm³/mol.